The largest absolute Gasteiger partial charge is 0.128 e. The zero-order valence-electron chi connectivity index (χ0n) is 11.0. The minimum atomic E-state index is 0.999. The summed E-state index contributed by atoms with van der Waals surface area (Å²) in [5.41, 5.74) is 0. The summed E-state index contributed by atoms with van der Waals surface area (Å²) in [6.45, 7) is 9.85. The molecule has 0 aromatic rings. The van der Waals surface area contributed by atoms with E-state index >= 15 is 0 Å². The fraction of sp³-hybridized carbons (Fsp3) is 1.00. The van der Waals surface area contributed by atoms with Crippen LogP contribution in [0.3, 0.4) is 0 Å². The lowest BCUT2D eigenvalue weighted by atomic mass is 9.49. The summed E-state index contributed by atoms with van der Waals surface area (Å²) in [5, 5.41) is 0. The maximum absolute atomic E-state index is 2.48. The molecule has 2 saturated carbocycles. The van der Waals surface area contributed by atoms with Crippen LogP contribution in [0.15, 0.2) is 0 Å². The normalized spacial score (nSPS) is 50.9. The Labute approximate surface area is 96.5 Å². The quantitative estimate of drug-likeness (QED) is 0.596. The van der Waals surface area contributed by atoms with Gasteiger partial charge in [-0.1, -0.05) is 52.2 Å². The van der Waals surface area contributed by atoms with Crippen molar-refractivity contribution in [3.63, 3.8) is 0 Å². The van der Waals surface area contributed by atoms with Crippen LogP contribution in [0.4, 0.5) is 0 Å². The van der Waals surface area contributed by atoms with Crippen molar-refractivity contribution in [2.24, 2.45) is 23.7 Å². The van der Waals surface area contributed by atoms with E-state index in [9.17, 15) is 0 Å². The first-order chi connectivity index (χ1) is 7.06. The van der Waals surface area contributed by atoms with E-state index in [2.05, 4.69) is 27.7 Å². The summed E-state index contributed by atoms with van der Waals surface area (Å²) in [5.74, 6) is 6.11. The third-order valence-corrected chi connectivity index (χ3v) is 5.17. The van der Waals surface area contributed by atoms with Gasteiger partial charge in [0.05, 0.1) is 0 Å². The van der Waals surface area contributed by atoms with Crippen LogP contribution in [0.5, 0.6) is 0 Å². The van der Waals surface area contributed by atoms with E-state index in [0.717, 1.165) is 35.3 Å². The van der Waals surface area contributed by atoms with Crippen molar-refractivity contribution < 1.29 is 0 Å². The van der Waals surface area contributed by atoms with Crippen LogP contribution >= 0.6 is 0 Å². The number of rotatable bonds is 2. The highest BCUT2D eigenvalue weighted by Crippen LogP contribution is 2.47. The van der Waals surface area contributed by atoms with Gasteiger partial charge < -0.3 is 0 Å². The monoisotopic (exact) mass is 206 g/mol. The number of hydrogen-bond acceptors (Lipinski definition) is 0. The molecule has 0 spiro atoms. The van der Waals surface area contributed by atoms with Crippen molar-refractivity contribution in [2.45, 2.75) is 65.0 Å². The predicted octanol–water partition coefficient (Wildman–Crippen LogP) is 4.13. The van der Waals surface area contributed by atoms with E-state index in [0.29, 0.717) is 0 Å². The second-order valence-corrected chi connectivity index (χ2v) is 6.86. The Balaban J connectivity index is 1.86. The van der Waals surface area contributed by atoms with Gasteiger partial charge in [-0.2, -0.15) is 0 Å². The Kier molecular flexibility index (Phi) is 3.47. The van der Waals surface area contributed by atoms with Crippen LogP contribution in [-0.2, 0) is 0 Å². The zero-order chi connectivity index (χ0) is 11.0. The lowest BCUT2D eigenvalue weighted by Gasteiger charge is -2.21. The van der Waals surface area contributed by atoms with Gasteiger partial charge in [-0.3, -0.25) is 0 Å². The standard InChI is InChI=1S/C14H27B/c1-9-5-11(3)13(7-9)15-14-8-10(2)6-12(14)4/h9-15H,5-8H2,1-4H3. The molecule has 86 valence electrons. The van der Waals surface area contributed by atoms with Crippen LogP contribution in [-0.4, -0.2) is 7.28 Å². The first kappa shape index (κ1) is 11.5. The molecule has 0 N–H and O–H groups in total. The highest BCUT2D eigenvalue weighted by molar-refractivity contribution is 6.40. The molecule has 0 aliphatic heterocycles. The molecule has 2 aliphatic carbocycles. The average Bonchev–Trinajstić information content (AvgIpc) is 2.58. The minimum absolute atomic E-state index is 0.999. The molecule has 0 saturated heterocycles. The van der Waals surface area contributed by atoms with Gasteiger partial charge in [0.2, 0.25) is 0 Å². The fourth-order valence-corrected chi connectivity index (χ4v) is 4.39. The Morgan fingerprint density at radius 2 is 1.07 bits per heavy atom. The maximum Gasteiger partial charge on any atom is 0.128 e. The first-order valence-corrected chi connectivity index (χ1v) is 7.06. The van der Waals surface area contributed by atoms with Crippen LogP contribution in [0.25, 0.3) is 0 Å². The smallest absolute Gasteiger partial charge is 0.0629 e. The van der Waals surface area contributed by atoms with E-state index in [4.69, 9.17) is 0 Å². The minimum Gasteiger partial charge on any atom is -0.0629 e. The van der Waals surface area contributed by atoms with Gasteiger partial charge >= 0.3 is 0 Å². The average molecular weight is 206 g/mol. The molecule has 1 heteroatoms. The molecule has 0 aromatic heterocycles. The Morgan fingerprint density at radius 3 is 1.33 bits per heavy atom. The van der Waals surface area contributed by atoms with E-state index in [1.165, 1.54) is 33.0 Å². The van der Waals surface area contributed by atoms with Gasteiger partial charge in [-0.25, -0.2) is 0 Å². The van der Waals surface area contributed by atoms with Crippen LogP contribution < -0.4 is 0 Å². The molecule has 0 nitrogen and oxygen atoms in total. The molecule has 0 heterocycles. The highest BCUT2D eigenvalue weighted by Gasteiger charge is 2.36. The molecule has 0 radical (unpaired) electrons. The third-order valence-electron chi connectivity index (χ3n) is 5.17. The SMILES string of the molecule is CC1CC(C)C(BC2CC(C)CC2C)C1. The molecular weight excluding hydrogens is 179 g/mol. The Bertz CT molecular complexity index is 191. The van der Waals surface area contributed by atoms with Crippen LogP contribution in [0, 0.1) is 23.7 Å². The van der Waals surface area contributed by atoms with Crippen molar-refractivity contribution in [2.75, 3.05) is 0 Å². The summed E-state index contributed by atoms with van der Waals surface area (Å²) >= 11 is 0. The molecule has 0 bridgehead atoms. The molecule has 2 aliphatic rings. The molecule has 2 fully saturated rings. The van der Waals surface area contributed by atoms with Gasteiger partial charge in [-0.15, -0.1) is 0 Å². The van der Waals surface area contributed by atoms with Gasteiger partial charge in [0.1, 0.15) is 7.28 Å². The van der Waals surface area contributed by atoms with E-state index in [1.807, 2.05) is 0 Å². The molecule has 0 aromatic carbocycles. The van der Waals surface area contributed by atoms with E-state index < -0.39 is 0 Å². The van der Waals surface area contributed by atoms with Crippen molar-refractivity contribution in [1.82, 2.24) is 0 Å². The van der Waals surface area contributed by atoms with E-state index in [1.54, 1.807) is 0 Å². The predicted molar refractivity (Wildman–Crippen MR) is 69.8 cm³/mol. The Hall–Kier alpha value is 0.0649. The van der Waals surface area contributed by atoms with Crippen molar-refractivity contribution in [3.05, 3.63) is 0 Å². The summed E-state index contributed by atoms with van der Waals surface area (Å²) < 4.78 is 0. The van der Waals surface area contributed by atoms with Gasteiger partial charge in [0, 0.05) is 0 Å². The molecule has 6 unspecified atom stereocenters. The topological polar surface area (TPSA) is 0 Å². The lowest BCUT2D eigenvalue weighted by molar-refractivity contribution is 0.545. The molecule has 2 rings (SSSR count). The van der Waals surface area contributed by atoms with Gasteiger partial charge in [0.25, 0.3) is 0 Å². The second kappa shape index (κ2) is 4.51. The van der Waals surface area contributed by atoms with Crippen molar-refractivity contribution in [3.8, 4) is 0 Å². The number of hydrogen-bond donors (Lipinski definition) is 0. The summed E-state index contributed by atoms with van der Waals surface area (Å²) in [7, 11) is 1.54. The Morgan fingerprint density at radius 1 is 0.667 bits per heavy atom. The van der Waals surface area contributed by atoms with Crippen molar-refractivity contribution in [1.29, 1.82) is 0 Å². The maximum atomic E-state index is 2.48. The molecule has 15 heavy (non-hydrogen) atoms. The molecule has 0 amide bonds. The summed E-state index contributed by atoms with van der Waals surface area (Å²) in [6.07, 6.45) is 6.00. The second-order valence-electron chi connectivity index (χ2n) is 6.86. The molecule has 6 atom stereocenters. The summed E-state index contributed by atoms with van der Waals surface area (Å²) in [4.78, 5) is 0. The fourth-order valence-electron chi connectivity index (χ4n) is 4.39. The summed E-state index contributed by atoms with van der Waals surface area (Å²) in [6, 6.07) is 0. The van der Waals surface area contributed by atoms with E-state index in [-0.39, 0.29) is 0 Å². The lowest BCUT2D eigenvalue weighted by Crippen LogP contribution is -2.15. The van der Waals surface area contributed by atoms with Crippen LogP contribution in [0.2, 0.25) is 11.6 Å². The highest BCUT2D eigenvalue weighted by atomic mass is 14.3. The van der Waals surface area contributed by atoms with Crippen LogP contribution in [0.1, 0.15) is 53.4 Å². The third kappa shape index (κ3) is 2.60. The van der Waals surface area contributed by atoms with Crippen molar-refractivity contribution >= 4 is 7.28 Å². The zero-order valence-corrected chi connectivity index (χ0v) is 11.0. The van der Waals surface area contributed by atoms with Gasteiger partial charge in [0.15, 0.2) is 0 Å². The molecular formula is C14H27B. The van der Waals surface area contributed by atoms with Gasteiger partial charge in [-0.05, 0) is 36.5 Å². The first-order valence-electron chi connectivity index (χ1n) is 7.06.